The van der Waals surface area contributed by atoms with E-state index >= 15 is 0 Å². The number of aryl methyl sites for hydroxylation is 1. The molecule has 2 heterocycles. The molecular formula is C33H43Cl4N5O6. The van der Waals surface area contributed by atoms with Crippen molar-refractivity contribution < 1.29 is 29.0 Å². The molecule has 1 saturated heterocycles. The summed E-state index contributed by atoms with van der Waals surface area (Å²) in [6.07, 6.45) is 3.69. The second-order valence-electron chi connectivity index (χ2n) is 12.9. The Morgan fingerprint density at radius 1 is 1.15 bits per heavy atom. The Morgan fingerprint density at radius 2 is 1.81 bits per heavy atom. The number of carbonyl (C=O) groups is 4. The molecule has 2 aromatic rings. The Hall–Kier alpha value is -2.67. The first-order valence-corrected chi connectivity index (χ1v) is 17.1. The fourth-order valence-corrected chi connectivity index (χ4v) is 5.45. The van der Waals surface area contributed by atoms with Crippen molar-refractivity contribution in [1.82, 2.24) is 26.1 Å². The van der Waals surface area contributed by atoms with Crippen molar-refractivity contribution in [3.8, 4) is 0 Å². The minimum atomic E-state index is -1.76. The standard InChI is InChI=1S/C33H43Cl4N5O6/c1-17(2)26(28(44)38-19(4)29(45)42-14-8-9-24(41-42)30(46)48-16-33(35,36)37)40-31(47)32(6,7)13-12-21-10-11-22-23(34)15-25(20(5)43)39-27(22)18(21)3/h10-13,15,17,19-20,24,26,41,43H,8-9,14,16H2,1-7H3,(H,38,44)(H,40,47)/t19-,20+,24-,26-/m0/s1. The smallest absolute Gasteiger partial charge is 0.325 e. The number of rotatable bonds is 11. The van der Waals surface area contributed by atoms with Gasteiger partial charge < -0.3 is 20.5 Å². The van der Waals surface area contributed by atoms with Crippen LogP contribution in [0.5, 0.6) is 0 Å². The molecule has 0 bridgehead atoms. The minimum absolute atomic E-state index is 0.303. The zero-order chi connectivity index (χ0) is 36.1. The van der Waals surface area contributed by atoms with Crippen molar-refractivity contribution in [3.63, 3.8) is 0 Å². The van der Waals surface area contributed by atoms with Gasteiger partial charge in [-0.05, 0) is 70.6 Å². The van der Waals surface area contributed by atoms with Crippen LogP contribution in [0.2, 0.25) is 5.02 Å². The third-order valence-corrected chi connectivity index (χ3v) is 8.66. The summed E-state index contributed by atoms with van der Waals surface area (Å²) in [5.41, 5.74) is 4.55. The Kier molecular flexibility index (Phi) is 13.6. The topological polar surface area (TPSA) is 150 Å². The molecule has 4 N–H and O–H groups in total. The number of benzene rings is 1. The Bertz CT molecular complexity index is 1560. The molecule has 264 valence electrons. The van der Waals surface area contributed by atoms with Gasteiger partial charge in [0.1, 0.15) is 24.7 Å². The van der Waals surface area contributed by atoms with Crippen molar-refractivity contribution in [2.75, 3.05) is 13.2 Å². The summed E-state index contributed by atoms with van der Waals surface area (Å²) in [5.74, 6) is -2.37. The first kappa shape index (κ1) is 39.8. The molecule has 0 saturated carbocycles. The van der Waals surface area contributed by atoms with Gasteiger partial charge in [-0.1, -0.05) is 84.5 Å². The summed E-state index contributed by atoms with van der Waals surface area (Å²) in [6.45, 7) is 11.9. The second kappa shape index (κ2) is 16.4. The highest BCUT2D eigenvalue weighted by molar-refractivity contribution is 6.67. The zero-order valence-electron chi connectivity index (χ0n) is 28.0. The monoisotopic (exact) mass is 745 g/mol. The molecule has 0 unspecified atom stereocenters. The Labute approximate surface area is 301 Å². The number of aromatic nitrogens is 1. The molecule has 1 aromatic carbocycles. The molecule has 4 atom stereocenters. The third-order valence-electron chi connectivity index (χ3n) is 8.02. The molecule has 11 nitrogen and oxygen atoms in total. The van der Waals surface area contributed by atoms with Crippen LogP contribution in [0.1, 0.15) is 77.3 Å². The van der Waals surface area contributed by atoms with Crippen molar-refractivity contribution >= 4 is 87.1 Å². The lowest BCUT2D eigenvalue weighted by Crippen LogP contribution is -2.61. The summed E-state index contributed by atoms with van der Waals surface area (Å²) in [7, 11) is 0. The highest BCUT2D eigenvalue weighted by Crippen LogP contribution is 2.31. The molecule has 0 spiro atoms. The van der Waals surface area contributed by atoms with E-state index in [0.29, 0.717) is 35.6 Å². The fraction of sp³-hybridized carbons (Fsp3) is 0.545. The lowest BCUT2D eigenvalue weighted by Gasteiger charge is -2.35. The van der Waals surface area contributed by atoms with Crippen LogP contribution in [0.25, 0.3) is 17.0 Å². The van der Waals surface area contributed by atoms with E-state index in [0.717, 1.165) is 16.5 Å². The predicted molar refractivity (Wildman–Crippen MR) is 188 cm³/mol. The van der Waals surface area contributed by atoms with Gasteiger partial charge in [-0.15, -0.1) is 0 Å². The Balaban J connectivity index is 1.67. The molecule has 3 rings (SSSR count). The number of aliphatic hydroxyl groups excluding tert-OH is 1. The van der Waals surface area contributed by atoms with Crippen LogP contribution >= 0.6 is 46.4 Å². The SMILES string of the molecule is Cc1c(C=CC(C)(C)C(=O)N[C@H](C(=O)N[C@@H](C)C(=O)N2CCC[C@@H](C(=O)OCC(Cl)(Cl)Cl)N2)C(C)C)ccc2c(Cl)cc([C@@H](C)O)nc12. The van der Waals surface area contributed by atoms with Gasteiger partial charge in [0, 0.05) is 11.9 Å². The quantitative estimate of drug-likeness (QED) is 0.178. The number of aliphatic hydroxyl groups is 1. The minimum Gasteiger partial charge on any atom is -0.460 e. The van der Waals surface area contributed by atoms with Crippen LogP contribution in [0.4, 0.5) is 0 Å². The summed E-state index contributed by atoms with van der Waals surface area (Å²) >= 11 is 23.4. The molecule has 0 aliphatic carbocycles. The molecule has 0 radical (unpaired) electrons. The van der Waals surface area contributed by atoms with E-state index in [4.69, 9.17) is 51.1 Å². The number of esters is 1. The van der Waals surface area contributed by atoms with Gasteiger partial charge >= 0.3 is 5.97 Å². The molecule has 1 aliphatic rings. The molecule has 3 amide bonds. The number of fused-ring (bicyclic) bond motifs is 1. The van der Waals surface area contributed by atoms with E-state index < -0.39 is 63.7 Å². The van der Waals surface area contributed by atoms with Gasteiger partial charge in [0.05, 0.1) is 27.8 Å². The van der Waals surface area contributed by atoms with Gasteiger partial charge in [-0.3, -0.25) is 24.2 Å². The molecule has 48 heavy (non-hydrogen) atoms. The van der Waals surface area contributed by atoms with Gasteiger partial charge in [-0.25, -0.2) is 10.4 Å². The number of nitrogens with zero attached hydrogens (tertiary/aromatic N) is 2. The maximum atomic E-state index is 13.5. The summed E-state index contributed by atoms with van der Waals surface area (Å²) in [4.78, 5) is 57.1. The lowest BCUT2D eigenvalue weighted by molar-refractivity contribution is -0.152. The summed E-state index contributed by atoms with van der Waals surface area (Å²) in [6, 6.07) is 2.63. The van der Waals surface area contributed by atoms with Crippen LogP contribution in [0.15, 0.2) is 24.3 Å². The largest absolute Gasteiger partial charge is 0.460 e. The molecule has 1 aliphatic heterocycles. The highest BCUT2D eigenvalue weighted by Gasteiger charge is 2.35. The number of hydrogen-bond donors (Lipinski definition) is 4. The predicted octanol–water partition coefficient (Wildman–Crippen LogP) is 5.34. The summed E-state index contributed by atoms with van der Waals surface area (Å²) in [5, 5.41) is 18.1. The normalized spacial score (nSPS) is 17.7. The average molecular weight is 748 g/mol. The molecule has 1 fully saturated rings. The van der Waals surface area contributed by atoms with Crippen LogP contribution < -0.4 is 16.1 Å². The number of ether oxygens (including phenoxy) is 1. The van der Waals surface area contributed by atoms with Gasteiger partial charge in [0.15, 0.2) is 0 Å². The van der Waals surface area contributed by atoms with Crippen molar-refractivity contribution in [3.05, 3.63) is 46.1 Å². The Morgan fingerprint density at radius 3 is 2.42 bits per heavy atom. The number of nitrogens with one attached hydrogen (secondary N) is 3. The van der Waals surface area contributed by atoms with Crippen LogP contribution in [-0.2, 0) is 23.9 Å². The van der Waals surface area contributed by atoms with E-state index in [9.17, 15) is 24.3 Å². The zero-order valence-corrected chi connectivity index (χ0v) is 31.0. The number of carbonyl (C=O) groups excluding carboxylic acids is 4. The first-order valence-electron chi connectivity index (χ1n) is 15.6. The van der Waals surface area contributed by atoms with Crippen molar-refractivity contribution in [1.29, 1.82) is 0 Å². The van der Waals surface area contributed by atoms with Crippen molar-refractivity contribution in [2.24, 2.45) is 11.3 Å². The maximum Gasteiger partial charge on any atom is 0.325 e. The first-order chi connectivity index (χ1) is 22.2. The number of alkyl halides is 3. The van der Waals surface area contributed by atoms with E-state index in [1.807, 2.05) is 25.1 Å². The third kappa shape index (κ3) is 10.4. The van der Waals surface area contributed by atoms with E-state index in [2.05, 4.69) is 21.0 Å². The maximum absolute atomic E-state index is 13.5. The van der Waals surface area contributed by atoms with Crippen molar-refractivity contribution in [2.45, 2.75) is 89.3 Å². The number of hydrazine groups is 1. The number of hydrogen-bond acceptors (Lipinski definition) is 8. The summed E-state index contributed by atoms with van der Waals surface area (Å²) < 4.78 is 3.27. The molecular weight excluding hydrogens is 704 g/mol. The number of amides is 3. The van der Waals surface area contributed by atoms with Gasteiger partial charge in [-0.2, -0.15) is 0 Å². The van der Waals surface area contributed by atoms with Crippen LogP contribution in [-0.4, -0.2) is 73.9 Å². The molecule has 1 aromatic heterocycles. The number of halogens is 4. The van der Waals surface area contributed by atoms with E-state index in [1.165, 1.54) is 11.9 Å². The molecule has 15 heteroatoms. The van der Waals surface area contributed by atoms with Crippen LogP contribution in [0.3, 0.4) is 0 Å². The average Bonchev–Trinajstić information content (AvgIpc) is 3.01. The highest BCUT2D eigenvalue weighted by atomic mass is 35.6. The van der Waals surface area contributed by atoms with Gasteiger partial charge in [0.2, 0.25) is 15.6 Å². The van der Waals surface area contributed by atoms with E-state index in [-0.39, 0.29) is 5.92 Å². The van der Waals surface area contributed by atoms with Gasteiger partial charge in [0.25, 0.3) is 5.91 Å². The number of pyridine rings is 1. The van der Waals surface area contributed by atoms with Crippen LogP contribution in [0, 0.1) is 18.3 Å². The lowest BCUT2D eigenvalue weighted by atomic mass is 9.89. The van der Waals surface area contributed by atoms with E-state index in [1.54, 1.807) is 46.8 Å². The fourth-order valence-electron chi connectivity index (χ4n) is 5.02. The second-order valence-corrected chi connectivity index (χ2v) is 15.8.